The monoisotopic (exact) mass is 407 g/mol. The third kappa shape index (κ3) is 3.58. The fourth-order valence-corrected chi connectivity index (χ4v) is 7.03. The Morgan fingerprint density at radius 1 is 0.609 bits per heavy atom. The van der Waals surface area contributed by atoms with E-state index in [1.165, 1.54) is 15.9 Å². The second kappa shape index (κ2) is 8.44. The maximum Gasteiger partial charge on any atom is 0 e. The number of hydrogen-bond acceptors (Lipinski definition) is 0. The molecule has 0 N–H and O–H groups in total. The summed E-state index contributed by atoms with van der Waals surface area (Å²) in [5.41, 5.74) is 0. The Balaban J connectivity index is 0.00000192. The largest absolute Gasteiger partial charge is 0.0745 e. The SMILES string of the molecule is CCC=P(c1ccccc1)(c1ccccc1)c1ccccc1.[Rh]. The molecule has 0 nitrogen and oxygen atoms in total. The minimum absolute atomic E-state index is 0. The van der Waals surface area contributed by atoms with Crippen molar-refractivity contribution >= 4 is 28.6 Å². The van der Waals surface area contributed by atoms with Crippen molar-refractivity contribution in [2.45, 2.75) is 13.3 Å². The van der Waals surface area contributed by atoms with Gasteiger partial charge in [0.1, 0.15) is 0 Å². The van der Waals surface area contributed by atoms with E-state index in [9.17, 15) is 0 Å². The topological polar surface area (TPSA) is 0 Å². The predicted molar refractivity (Wildman–Crippen MR) is 102 cm³/mol. The van der Waals surface area contributed by atoms with E-state index in [4.69, 9.17) is 0 Å². The minimum Gasteiger partial charge on any atom is -0.0745 e. The fourth-order valence-electron chi connectivity index (χ4n) is 3.03. The Kier molecular flexibility index (Phi) is 6.58. The van der Waals surface area contributed by atoms with E-state index in [0.717, 1.165) is 6.42 Å². The van der Waals surface area contributed by atoms with Crippen molar-refractivity contribution in [2.75, 3.05) is 0 Å². The van der Waals surface area contributed by atoms with E-state index in [2.05, 4.69) is 104 Å². The molecule has 3 rings (SSSR count). The molecule has 1 radical (unpaired) electrons. The van der Waals surface area contributed by atoms with Crippen LogP contribution in [0.3, 0.4) is 0 Å². The molecular formula is C21H21PRh. The summed E-state index contributed by atoms with van der Waals surface area (Å²) in [6, 6.07) is 32.9. The quantitative estimate of drug-likeness (QED) is 0.450. The van der Waals surface area contributed by atoms with Crippen LogP contribution >= 0.6 is 6.89 Å². The van der Waals surface area contributed by atoms with Gasteiger partial charge in [0.05, 0.1) is 0 Å². The average Bonchev–Trinajstić information content (AvgIpc) is 2.62. The van der Waals surface area contributed by atoms with Crippen LogP contribution in [0.5, 0.6) is 0 Å². The van der Waals surface area contributed by atoms with E-state index in [1.807, 2.05) is 0 Å². The summed E-state index contributed by atoms with van der Waals surface area (Å²) >= 11 is 0. The van der Waals surface area contributed by atoms with Gasteiger partial charge in [-0.05, 0) is 29.2 Å². The molecule has 0 unspecified atom stereocenters. The molecule has 3 aromatic carbocycles. The molecule has 0 spiro atoms. The van der Waals surface area contributed by atoms with Crippen LogP contribution in [-0.4, -0.2) is 5.80 Å². The van der Waals surface area contributed by atoms with Crippen LogP contribution in [0, 0.1) is 0 Å². The van der Waals surface area contributed by atoms with E-state index < -0.39 is 6.89 Å². The van der Waals surface area contributed by atoms with Crippen LogP contribution < -0.4 is 15.9 Å². The zero-order valence-electron chi connectivity index (χ0n) is 13.2. The molecule has 0 saturated carbocycles. The summed E-state index contributed by atoms with van der Waals surface area (Å²) < 4.78 is 0. The number of rotatable bonds is 4. The maximum atomic E-state index is 2.53. The molecule has 0 atom stereocenters. The van der Waals surface area contributed by atoms with E-state index >= 15 is 0 Å². The van der Waals surface area contributed by atoms with Gasteiger partial charge in [0.15, 0.2) is 0 Å². The van der Waals surface area contributed by atoms with Crippen LogP contribution in [0.4, 0.5) is 0 Å². The summed E-state index contributed by atoms with van der Waals surface area (Å²) in [6.45, 7) is 0.561. The molecular weight excluding hydrogens is 386 g/mol. The molecule has 0 aliphatic carbocycles. The van der Waals surface area contributed by atoms with Gasteiger partial charge in [-0.2, -0.15) is 0 Å². The van der Waals surface area contributed by atoms with Crippen molar-refractivity contribution in [3.63, 3.8) is 0 Å². The van der Waals surface area contributed by atoms with Gasteiger partial charge in [0, 0.05) is 19.5 Å². The van der Waals surface area contributed by atoms with Crippen molar-refractivity contribution in [3.05, 3.63) is 91.0 Å². The van der Waals surface area contributed by atoms with Gasteiger partial charge >= 0.3 is 0 Å². The summed E-state index contributed by atoms with van der Waals surface area (Å²) in [5, 5.41) is 4.28. The molecule has 0 bridgehead atoms. The van der Waals surface area contributed by atoms with Crippen LogP contribution in [-0.2, 0) is 19.5 Å². The van der Waals surface area contributed by atoms with Gasteiger partial charge in [-0.1, -0.05) is 104 Å². The first-order valence-corrected chi connectivity index (χ1v) is 9.63. The Bertz CT molecular complexity index is 661. The Hall–Kier alpha value is -1.42. The van der Waals surface area contributed by atoms with E-state index in [0.29, 0.717) is 0 Å². The molecule has 0 aliphatic heterocycles. The Morgan fingerprint density at radius 3 is 1.17 bits per heavy atom. The first kappa shape index (κ1) is 17.9. The zero-order valence-corrected chi connectivity index (χ0v) is 15.8. The molecule has 0 saturated heterocycles. The molecule has 119 valence electrons. The third-order valence-corrected chi connectivity index (χ3v) is 8.20. The molecule has 0 aliphatic rings. The average molecular weight is 407 g/mol. The van der Waals surface area contributed by atoms with E-state index in [1.54, 1.807) is 0 Å². The first-order chi connectivity index (χ1) is 10.9. The summed E-state index contributed by atoms with van der Waals surface area (Å²) in [6.07, 6.45) is 1.06. The molecule has 0 aromatic heterocycles. The Labute approximate surface area is 152 Å². The standard InChI is InChI=1S/C21H21P.Rh/c1-2-18-22(19-12-6-3-7-13-19,20-14-8-4-9-15-20)21-16-10-5-11-17-21;/h3-18H,2H2,1H3;. The van der Waals surface area contributed by atoms with Crippen LogP contribution in [0.2, 0.25) is 0 Å². The minimum atomic E-state index is -1.68. The second-order valence-corrected chi connectivity index (χ2v) is 8.68. The van der Waals surface area contributed by atoms with Crippen molar-refractivity contribution in [1.82, 2.24) is 0 Å². The summed E-state index contributed by atoms with van der Waals surface area (Å²) in [5.74, 6) is 2.53. The first-order valence-electron chi connectivity index (χ1n) is 7.78. The molecule has 23 heavy (non-hydrogen) atoms. The fraction of sp³-hybridized carbons (Fsp3) is 0.0952. The van der Waals surface area contributed by atoms with Gasteiger partial charge in [-0.25, -0.2) is 0 Å². The molecule has 0 heterocycles. The molecule has 2 heteroatoms. The Morgan fingerprint density at radius 2 is 0.913 bits per heavy atom. The van der Waals surface area contributed by atoms with Gasteiger partial charge < -0.3 is 0 Å². The van der Waals surface area contributed by atoms with Crippen molar-refractivity contribution in [2.24, 2.45) is 0 Å². The van der Waals surface area contributed by atoms with Gasteiger partial charge in [-0.15, -0.1) is 0 Å². The summed E-state index contributed by atoms with van der Waals surface area (Å²) in [4.78, 5) is 0. The van der Waals surface area contributed by atoms with Crippen LogP contribution in [0.25, 0.3) is 0 Å². The summed E-state index contributed by atoms with van der Waals surface area (Å²) in [7, 11) is 0. The van der Waals surface area contributed by atoms with Crippen molar-refractivity contribution in [3.8, 4) is 0 Å². The maximum absolute atomic E-state index is 2.53. The molecule has 3 aromatic rings. The molecule has 0 fully saturated rings. The van der Waals surface area contributed by atoms with Crippen LogP contribution in [0.15, 0.2) is 91.0 Å². The van der Waals surface area contributed by atoms with E-state index in [-0.39, 0.29) is 19.5 Å². The van der Waals surface area contributed by atoms with Crippen LogP contribution in [0.1, 0.15) is 13.3 Å². The third-order valence-electron chi connectivity index (χ3n) is 3.95. The predicted octanol–water partition coefficient (Wildman–Crippen LogP) is 4.19. The second-order valence-electron chi connectivity index (χ2n) is 5.32. The normalized spacial score (nSPS) is 10.7. The van der Waals surface area contributed by atoms with Crippen molar-refractivity contribution < 1.29 is 19.5 Å². The van der Waals surface area contributed by atoms with Gasteiger partial charge in [0.2, 0.25) is 0 Å². The number of benzene rings is 3. The van der Waals surface area contributed by atoms with Crippen molar-refractivity contribution in [1.29, 1.82) is 0 Å². The number of hydrogen-bond donors (Lipinski definition) is 0. The van der Waals surface area contributed by atoms with Gasteiger partial charge in [-0.3, -0.25) is 0 Å². The van der Waals surface area contributed by atoms with Gasteiger partial charge in [0.25, 0.3) is 0 Å². The molecule has 0 amide bonds. The zero-order chi connectivity index (χ0) is 15.3. The smallest absolute Gasteiger partial charge is 0 e.